The van der Waals surface area contributed by atoms with Gasteiger partial charge in [-0.1, -0.05) is 12.1 Å². The van der Waals surface area contributed by atoms with Crippen LogP contribution in [-0.4, -0.2) is 43.0 Å². The van der Waals surface area contributed by atoms with E-state index in [0.717, 1.165) is 32.5 Å². The summed E-state index contributed by atoms with van der Waals surface area (Å²) in [5, 5.41) is 0. The highest BCUT2D eigenvalue weighted by Crippen LogP contribution is 2.15. The third-order valence-electron chi connectivity index (χ3n) is 3.77. The van der Waals surface area contributed by atoms with Crippen LogP contribution in [-0.2, 0) is 4.74 Å². The lowest BCUT2D eigenvalue weighted by atomic mass is 10.0. The number of Topliss-reactive ketones (excluding diaryl/α,β-unsaturated/α-hetero) is 1. The van der Waals surface area contributed by atoms with E-state index in [2.05, 4.69) is 4.90 Å². The molecule has 1 saturated heterocycles. The Hall–Kier alpha value is -1.26. The second-order valence-electron chi connectivity index (χ2n) is 5.15. The fourth-order valence-electron chi connectivity index (χ4n) is 2.62. The molecule has 110 valence electrons. The molecule has 0 aromatic heterocycles. The molecule has 3 nitrogen and oxygen atoms in total. The van der Waals surface area contributed by atoms with Gasteiger partial charge in [-0.3, -0.25) is 4.79 Å². The summed E-state index contributed by atoms with van der Waals surface area (Å²) in [5.74, 6) is -0.539. The lowest BCUT2D eigenvalue weighted by Gasteiger charge is -2.31. The van der Waals surface area contributed by atoms with Gasteiger partial charge in [-0.25, -0.2) is 4.39 Å². The van der Waals surface area contributed by atoms with Gasteiger partial charge in [0.15, 0.2) is 5.78 Å². The number of piperidine rings is 1. The summed E-state index contributed by atoms with van der Waals surface area (Å²) < 4.78 is 19.1. The number of nitrogens with zero attached hydrogens (tertiary/aromatic N) is 1. The number of likely N-dealkylation sites (tertiary alicyclic amines) is 1. The maximum absolute atomic E-state index is 13.5. The molecule has 0 aliphatic carbocycles. The average Bonchev–Trinajstić information content (AvgIpc) is 2.47. The summed E-state index contributed by atoms with van der Waals surface area (Å²) in [7, 11) is 0. The van der Waals surface area contributed by atoms with Crippen molar-refractivity contribution >= 4 is 5.78 Å². The monoisotopic (exact) mass is 279 g/mol. The van der Waals surface area contributed by atoms with Crippen LogP contribution >= 0.6 is 0 Å². The third kappa shape index (κ3) is 4.12. The number of carbonyl (C=O) groups excluding carboxylic acids is 1. The van der Waals surface area contributed by atoms with E-state index in [9.17, 15) is 9.18 Å². The molecule has 1 aromatic rings. The van der Waals surface area contributed by atoms with Gasteiger partial charge >= 0.3 is 0 Å². The highest BCUT2D eigenvalue weighted by atomic mass is 19.1. The van der Waals surface area contributed by atoms with Gasteiger partial charge in [0.25, 0.3) is 0 Å². The molecule has 4 heteroatoms. The fourth-order valence-corrected chi connectivity index (χ4v) is 2.62. The van der Waals surface area contributed by atoms with Gasteiger partial charge in [0.05, 0.1) is 11.7 Å². The molecule has 2 rings (SSSR count). The largest absolute Gasteiger partial charge is 0.378 e. The molecule has 0 saturated carbocycles. The first kappa shape index (κ1) is 15.1. The second-order valence-corrected chi connectivity index (χ2v) is 5.15. The topological polar surface area (TPSA) is 29.5 Å². The van der Waals surface area contributed by atoms with Crippen molar-refractivity contribution in [2.75, 3.05) is 26.2 Å². The second kappa shape index (κ2) is 7.50. The Kier molecular flexibility index (Phi) is 5.68. The zero-order valence-electron chi connectivity index (χ0n) is 12.0. The molecule has 1 fully saturated rings. The van der Waals surface area contributed by atoms with Gasteiger partial charge in [-0.05, 0) is 31.9 Å². The van der Waals surface area contributed by atoms with Crippen LogP contribution in [0.4, 0.5) is 4.39 Å². The number of carbonyl (C=O) groups is 1. The first-order valence-corrected chi connectivity index (χ1v) is 7.32. The summed E-state index contributed by atoms with van der Waals surface area (Å²) in [4.78, 5) is 14.2. The Bertz CT molecular complexity index is 442. The summed E-state index contributed by atoms with van der Waals surface area (Å²) in [5.41, 5.74) is 0.205. The minimum absolute atomic E-state index is 0.116. The van der Waals surface area contributed by atoms with E-state index in [4.69, 9.17) is 4.74 Å². The van der Waals surface area contributed by atoms with E-state index < -0.39 is 5.82 Å². The van der Waals surface area contributed by atoms with Gasteiger partial charge in [0.1, 0.15) is 5.82 Å². The normalized spacial score (nSPS) is 17.3. The maximum atomic E-state index is 13.5. The van der Waals surface area contributed by atoms with Crippen LogP contribution in [0, 0.1) is 5.82 Å². The van der Waals surface area contributed by atoms with Gasteiger partial charge in [-0.15, -0.1) is 0 Å². The number of ether oxygens (including phenoxy) is 1. The number of rotatable bonds is 6. The molecular formula is C16H22FNO2. The van der Waals surface area contributed by atoms with Crippen LogP contribution in [0.25, 0.3) is 0 Å². The Morgan fingerprint density at radius 2 is 2.05 bits per heavy atom. The molecule has 0 bridgehead atoms. The molecule has 0 amide bonds. The minimum atomic E-state index is -0.424. The first-order chi connectivity index (χ1) is 9.70. The lowest BCUT2D eigenvalue weighted by molar-refractivity contribution is 0.0143. The molecule has 0 unspecified atom stereocenters. The van der Waals surface area contributed by atoms with Crippen molar-refractivity contribution in [3.63, 3.8) is 0 Å². The lowest BCUT2D eigenvalue weighted by Crippen LogP contribution is -2.38. The van der Waals surface area contributed by atoms with E-state index in [1.165, 1.54) is 6.07 Å². The third-order valence-corrected chi connectivity index (χ3v) is 3.77. The number of hydrogen-bond donors (Lipinski definition) is 0. The highest BCUT2D eigenvalue weighted by molar-refractivity contribution is 5.96. The molecule has 0 atom stereocenters. The highest BCUT2D eigenvalue weighted by Gasteiger charge is 2.20. The predicted molar refractivity (Wildman–Crippen MR) is 76.4 cm³/mol. The van der Waals surface area contributed by atoms with Crippen LogP contribution in [0.15, 0.2) is 24.3 Å². The van der Waals surface area contributed by atoms with Crippen molar-refractivity contribution < 1.29 is 13.9 Å². The first-order valence-electron chi connectivity index (χ1n) is 7.32. The van der Waals surface area contributed by atoms with Gasteiger partial charge in [0.2, 0.25) is 0 Å². The summed E-state index contributed by atoms with van der Waals surface area (Å²) >= 11 is 0. The Balaban J connectivity index is 1.76. The number of ketones is 1. The van der Waals surface area contributed by atoms with Crippen LogP contribution in [0.1, 0.15) is 36.5 Å². The number of benzene rings is 1. The maximum Gasteiger partial charge on any atom is 0.167 e. The average molecular weight is 279 g/mol. The predicted octanol–water partition coefficient (Wildman–Crippen LogP) is 2.90. The summed E-state index contributed by atoms with van der Waals surface area (Å²) in [6, 6.07) is 6.19. The van der Waals surface area contributed by atoms with Crippen LogP contribution in [0.5, 0.6) is 0 Å². The fraction of sp³-hybridized carbons (Fsp3) is 0.562. The zero-order chi connectivity index (χ0) is 14.4. The quantitative estimate of drug-likeness (QED) is 0.750. The van der Waals surface area contributed by atoms with Crippen LogP contribution in [0.3, 0.4) is 0 Å². The van der Waals surface area contributed by atoms with Crippen molar-refractivity contribution in [1.29, 1.82) is 0 Å². The Morgan fingerprint density at radius 3 is 2.70 bits per heavy atom. The van der Waals surface area contributed by atoms with Crippen molar-refractivity contribution in [3.05, 3.63) is 35.6 Å². The number of halogens is 1. The van der Waals surface area contributed by atoms with E-state index in [-0.39, 0.29) is 11.3 Å². The molecule has 1 aromatic carbocycles. The van der Waals surface area contributed by atoms with E-state index in [1.807, 2.05) is 6.92 Å². The number of hydrogen-bond acceptors (Lipinski definition) is 3. The van der Waals surface area contributed by atoms with Crippen molar-refractivity contribution in [2.45, 2.75) is 32.3 Å². The molecule has 20 heavy (non-hydrogen) atoms. The van der Waals surface area contributed by atoms with E-state index in [0.29, 0.717) is 19.1 Å². The molecule has 0 radical (unpaired) electrons. The smallest absolute Gasteiger partial charge is 0.167 e. The van der Waals surface area contributed by atoms with E-state index in [1.54, 1.807) is 18.2 Å². The molecule has 1 aliphatic heterocycles. The molecule has 0 N–H and O–H groups in total. The summed E-state index contributed by atoms with van der Waals surface area (Å²) in [6.45, 7) is 5.38. The Morgan fingerprint density at radius 1 is 1.35 bits per heavy atom. The van der Waals surface area contributed by atoms with Gasteiger partial charge < -0.3 is 9.64 Å². The van der Waals surface area contributed by atoms with Crippen molar-refractivity contribution in [1.82, 2.24) is 4.90 Å². The zero-order valence-corrected chi connectivity index (χ0v) is 12.0. The van der Waals surface area contributed by atoms with Crippen molar-refractivity contribution in [2.24, 2.45) is 0 Å². The molecule has 0 spiro atoms. The van der Waals surface area contributed by atoms with Gasteiger partial charge in [-0.2, -0.15) is 0 Å². The molecule has 1 aliphatic rings. The van der Waals surface area contributed by atoms with Gasteiger partial charge in [0, 0.05) is 32.7 Å². The molecule has 1 heterocycles. The minimum Gasteiger partial charge on any atom is -0.378 e. The van der Waals surface area contributed by atoms with Crippen LogP contribution < -0.4 is 0 Å². The SMILES string of the molecule is CCOC1CCN(CCC(=O)c2ccccc2F)CC1. The molecular weight excluding hydrogens is 257 g/mol. The van der Waals surface area contributed by atoms with Crippen LogP contribution in [0.2, 0.25) is 0 Å². The van der Waals surface area contributed by atoms with E-state index >= 15 is 0 Å². The Labute approximate surface area is 119 Å². The van der Waals surface area contributed by atoms with Crippen molar-refractivity contribution in [3.8, 4) is 0 Å². The summed E-state index contributed by atoms with van der Waals surface area (Å²) in [6.07, 6.45) is 2.77. The standard InChI is InChI=1S/C16H22FNO2/c1-2-20-13-7-10-18(11-8-13)12-9-16(19)14-5-3-4-6-15(14)17/h3-6,13H,2,7-12H2,1H3.